The molecule has 93 valence electrons. The summed E-state index contributed by atoms with van der Waals surface area (Å²) >= 11 is 0. The van der Waals surface area contributed by atoms with Gasteiger partial charge < -0.3 is 34.8 Å². The van der Waals surface area contributed by atoms with Gasteiger partial charge in [-0.15, -0.1) is 0 Å². The second kappa shape index (κ2) is 7.67. The SMILES string of the molecule is O=C([O-])CC(O)(CC(=O)[O-])C(=O)[O-].[Cu+2].[Cu+]. The summed E-state index contributed by atoms with van der Waals surface area (Å²) in [5.41, 5.74) is -2.97. The van der Waals surface area contributed by atoms with Crippen LogP contribution in [0.3, 0.4) is 0 Å². The number of hydrogen-bond donors (Lipinski definition) is 1. The Morgan fingerprint density at radius 3 is 1.40 bits per heavy atom. The maximum absolute atomic E-state index is 10.1. The third-order valence-electron chi connectivity index (χ3n) is 1.25. The van der Waals surface area contributed by atoms with Crippen molar-refractivity contribution < 1.29 is 68.9 Å². The Hall–Kier alpha value is -0.591. The van der Waals surface area contributed by atoms with E-state index in [1.165, 1.54) is 0 Å². The van der Waals surface area contributed by atoms with Crippen molar-refractivity contribution in [1.82, 2.24) is 0 Å². The Kier molecular flexibility index (Phi) is 10.2. The summed E-state index contributed by atoms with van der Waals surface area (Å²) in [4.78, 5) is 30.0. The molecule has 0 saturated heterocycles. The second-order valence-corrected chi connectivity index (χ2v) is 2.42. The van der Waals surface area contributed by atoms with Crippen LogP contribution in [-0.4, -0.2) is 28.6 Å². The zero-order chi connectivity index (χ0) is 10.6. The van der Waals surface area contributed by atoms with E-state index in [1.54, 1.807) is 0 Å². The van der Waals surface area contributed by atoms with Crippen LogP contribution < -0.4 is 15.3 Å². The molecule has 0 aromatic rings. The van der Waals surface area contributed by atoms with E-state index in [2.05, 4.69) is 0 Å². The molecule has 0 aromatic carbocycles. The molecule has 0 heterocycles. The van der Waals surface area contributed by atoms with Crippen LogP contribution in [0.4, 0.5) is 0 Å². The Balaban J connectivity index is -0.000000720. The predicted molar refractivity (Wildman–Crippen MR) is 29.2 cm³/mol. The van der Waals surface area contributed by atoms with E-state index in [4.69, 9.17) is 5.11 Å². The molecule has 7 nitrogen and oxygen atoms in total. The van der Waals surface area contributed by atoms with Crippen LogP contribution in [0.5, 0.6) is 0 Å². The Labute approximate surface area is 105 Å². The van der Waals surface area contributed by atoms with Crippen LogP contribution >= 0.6 is 0 Å². The summed E-state index contributed by atoms with van der Waals surface area (Å²) in [5, 5.41) is 38.9. The maximum atomic E-state index is 10.1. The van der Waals surface area contributed by atoms with E-state index in [-0.39, 0.29) is 34.1 Å². The molecule has 0 aromatic heterocycles. The van der Waals surface area contributed by atoms with Gasteiger partial charge in [0.15, 0.2) is 0 Å². The number of rotatable bonds is 5. The summed E-state index contributed by atoms with van der Waals surface area (Å²) in [5.74, 6) is -5.98. The van der Waals surface area contributed by atoms with Gasteiger partial charge in [0, 0.05) is 24.8 Å². The van der Waals surface area contributed by atoms with Crippen molar-refractivity contribution in [1.29, 1.82) is 0 Å². The largest absolute Gasteiger partial charge is 2.00 e. The average Bonchev–Trinajstić information content (AvgIpc) is 1.82. The number of carbonyl (C=O) groups excluding carboxylic acids is 3. The van der Waals surface area contributed by atoms with Crippen molar-refractivity contribution in [2.45, 2.75) is 18.4 Å². The van der Waals surface area contributed by atoms with Crippen molar-refractivity contribution in [2.24, 2.45) is 0 Å². The van der Waals surface area contributed by atoms with Gasteiger partial charge in [0.1, 0.15) is 5.60 Å². The fourth-order valence-corrected chi connectivity index (χ4v) is 0.684. The first-order chi connectivity index (χ1) is 5.78. The minimum atomic E-state index is -2.97. The van der Waals surface area contributed by atoms with Crippen LogP contribution in [0.15, 0.2) is 0 Å². The van der Waals surface area contributed by atoms with Crippen LogP contribution in [-0.2, 0) is 48.5 Å². The van der Waals surface area contributed by atoms with Gasteiger partial charge >= 0.3 is 34.1 Å². The Morgan fingerprint density at radius 2 is 1.27 bits per heavy atom. The molecule has 0 atom stereocenters. The summed E-state index contributed by atoms with van der Waals surface area (Å²) in [6, 6.07) is 0. The molecule has 0 aliphatic heterocycles. The summed E-state index contributed by atoms with van der Waals surface area (Å²) in [6.45, 7) is 0. The Morgan fingerprint density at radius 1 is 1.00 bits per heavy atom. The van der Waals surface area contributed by atoms with Crippen LogP contribution in [0, 0.1) is 0 Å². The third kappa shape index (κ3) is 7.35. The molecule has 9 heteroatoms. The average molecular weight is 316 g/mol. The second-order valence-electron chi connectivity index (χ2n) is 2.42. The fraction of sp³-hybridized carbons (Fsp3) is 0.500. The quantitative estimate of drug-likeness (QED) is 0.499. The number of aliphatic hydroxyl groups is 1. The van der Waals surface area contributed by atoms with Crippen LogP contribution in [0.2, 0.25) is 0 Å². The van der Waals surface area contributed by atoms with Gasteiger partial charge in [0.25, 0.3) is 0 Å². The first-order valence-electron chi connectivity index (χ1n) is 3.11. The monoisotopic (exact) mass is 315 g/mol. The zero-order valence-corrected chi connectivity index (χ0v) is 8.80. The first-order valence-corrected chi connectivity index (χ1v) is 3.11. The normalized spacial score (nSPS) is 9.40. The van der Waals surface area contributed by atoms with Gasteiger partial charge in [-0.2, -0.15) is 0 Å². The first kappa shape index (κ1) is 19.9. The molecular weight excluding hydrogens is 311 g/mol. The molecule has 0 saturated carbocycles. The maximum Gasteiger partial charge on any atom is 2.00 e. The van der Waals surface area contributed by atoms with Gasteiger partial charge in [-0.1, -0.05) is 0 Å². The molecule has 0 fully saturated rings. The van der Waals surface area contributed by atoms with Gasteiger partial charge in [-0.3, -0.25) is 0 Å². The molecule has 0 spiro atoms. The summed E-state index contributed by atoms with van der Waals surface area (Å²) in [7, 11) is 0. The standard InChI is InChI=1S/C6H8O7.2Cu/c7-3(8)1-6(13,5(11)12)2-4(9)10;;/h13H,1-2H2,(H,7,8)(H,9,10)(H,11,12);;/q;+1;+2/p-3. The minimum absolute atomic E-state index is 0. The number of carboxylic acid groups (broad SMARTS) is 3. The topological polar surface area (TPSA) is 141 Å². The van der Waals surface area contributed by atoms with Crippen LogP contribution in [0.1, 0.15) is 12.8 Å². The van der Waals surface area contributed by atoms with Crippen LogP contribution in [0.25, 0.3) is 0 Å². The molecule has 0 aliphatic carbocycles. The van der Waals surface area contributed by atoms with Gasteiger partial charge in [0.05, 0.1) is 5.97 Å². The summed E-state index contributed by atoms with van der Waals surface area (Å²) < 4.78 is 0. The number of carbonyl (C=O) groups is 3. The number of carboxylic acids is 3. The van der Waals surface area contributed by atoms with E-state index >= 15 is 0 Å². The smallest absolute Gasteiger partial charge is 0.550 e. The van der Waals surface area contributed by atoms with Crippen molar-refractivity contribution >= 4 is 17.9 Å². The third-order valence-corrected chi connectivity index (χ3v) is 1.25. The fourth-order valence-electron chi connectivity index (χ4n) is 0.684. The predicted octanol–water partition coefficient (Wildman–Crippen LogP) is -5.26. The molecule has 0 bridgehead atoms. The van der Waals surface area contributed by atoms with E-state index in [0.29, 0.717) is 0 Å². The van der Waals surface area contributed by atoms with Crippen molar-refractivity contribution in [2.75, 3.05) is 0 Å². The molecule has 0 aliphatic rings. The number of aliphatic carboxylic acids is 3. The minimum Gasteiger partial charge on any atom is -0.550 e. The molecule has 15 heavy (non-hydrogen) atoms. The number of hydrogen-bond acceptors (Lipinski definition) is 7. The van der Waals surface area contributed by atoms with E-state index in [0.717, 1.165) is 0 Å². The van der Waals surface area contributed by atoms with Crippen molar-refractivity contribution in [3.8, 4) is 0 Å². The van der Waals surface area contributed by atoms with Crippen molar-refractivity contribution in [3.63, 3.8) is 0 Å². The van der Waals surface area contributed by atoms with Gasteiger partial charge in [-0.05, 0) is 0 Å². The van der Waals surface area contributed by atoms with Crippen molar-refractivity contribution in [3.05, 3.63) is 0 Å². The summed E-state index contributed by atoms with van der Waals surface area (Å²) in [6.07, 6.45) is -2.72. The van der Waals surface area contributed by atoms with E-state index in [1.807, 2.05) is 0 Å². The molecule has 1 radical (unpaired) electrons. The van der Waals surface area contributed by atoms with Gasteiger partial charge in [-0.25, -0.2) is 0 Å². The molecule has 0 rings (SSSR count). The zero-order valence-electron chi connectivity index (χ0n) is 6.91. The van der Waals surface area contributed by atoms with E-state index in [9.17, 15) is 29.7 Å². The molecule has 0 amide bonds. The molecule has 0 unspecified atom stereocenters. The Bertz CT molecular complexity index is 236. The van der Waals surface area contributed by atoms with Gasteiger partial charge in [0.2, 0.25) is 0 Å². The molecule has 1 N–H and O–H groups in total. The van der Waals surface area contributed by atoms with E-state index < -0.39 is 36.4 Å². The molecular formula is C6H5Cu2O7.